The smallest absolute Gasteiger partial charge is 0.308 e. The van der Waals surface area contributed by atoms with Crippen molar-refractivity contribution in [3.63, 3.8) is 0 Å². The predicted octanol–water partition coefficient (Wildman–Crippen LogP) is 2.47. The van der Waals surface area contributed by atoms with Gasteiger partial charge in [-0.25, -0.2) is 0 Å². The van der Waals surface area contributed by atoms with E-state index in [4.69, 9.17) is 14.0 Å². The standard InChI is InChI=1S/C20H25N3O6S/c1-4-28-20(26)10-16(14-6-5-7-15(9-14)27-3)21-18(24)11-30-12-19(25)22-17-8-13(2)29-23-17/h5-9,16H,4,10-12H2,1-3H3,(H,21,24)(H,22,23,25). The summed E-state index contributed by atoms with van der Waals surface area (Å²) in [5, 5.41) is 9.09. The number of thioether (sulfide) groups is 1. The number of nitrogens with one attached hydrogen (secondary N) is 2. The number of esters is 1. The minimum Gasteiger partial charge on any atom is -0.497 e. The molecule has 2 rings (SSSR count). The SMILES string of the molecule is CCOC(=O)CC(NC(=O)CSCC(=O)Nc1cc(C)on1)c1cccc(OC)c1. The van der Waals surface area contributed by atoms with Crippen molar-refractivity contribution in [2.24, 2.45) is 0 Å². The van der Waals surface area contributed by atoms with Crippen molar-refractivity contribution in [2.75, 3.05) is 30.5 Å². The summed E-state index contributed by atoms with van der Waals surface area (Å²) in [5.41, 5.74) is 0.722. The van der Waals surface area contributed by atoms with Gasteiger partial charge in [-0.3, -0.25) is 14.4 Å². The molecule has 30 heavy (non-hydrogen) atoms. The molecule has 0 spiro atoms. The number of hydrogen-bond donors (Lipinski definition) is 2. The van der Waals surface area contributed by atoms with Gasteiger partial charge in [0, 0.05) is 6.07 Å². The first-order valence-corrected chi connectivity index (χ1v) is 10.5. The van der Waals surface area contributed by atoms with E-state index in [9.17, 15) is 14.4 Å². The van der Waals surface area contributed by atoms with Gasteiger partial charge in [0.05, 0.1) is 37.7 Å². The molecule has 2 amide bonds. The lowest BCUT2D eigenvalue weighted by molar-refractivity contribution is -0.143. The molecule has 0 saturated heterocycles. The number of carbonyl (C=O) groups is 3. The summed E-state index contributed by atoms with van der Waals surface area (Å²) in [6, 6.07) is 8.14. The minimum absolute atomic E-state index is 0.0105. The third-order valence-electron chi connectivity index (χ3n) is 3.87. The van der Waals surface area contributed by atoms with Crippen LogP contribution in [0.3, 0.4) is 0 Å². The number of hydrogen-bond acceptors (Lipinski definition) is 8. The Bertz CT molecular complexity index is 870. The Labute approximate surface area is 178 Å². The van der Waals surface area contributed by atoms with E-state index in [1.165, 1.54) is 0 Å². The first kappa shape index (κ1) is 23.3. The maximum Gasteiger partial charge on any atom is 0.308 e. The van der Waals surface area contributed by atoms with Gasteiger partial charge >= 0.3 is 5.97 Å². The van der Waals surface area contributed by atoms with Gasteiger partial charge in [0.25, 0.3) is 0 Å². The van der Waals surface area contributed by atoms with Crippen LogP contribution in [-0.4, -0.2) is 48.2 Å². The molecule has 1 unspecified atom stereocenters. The molecule has 0 radical (unpaired) electrons. The van der Waals surface area contributed by atoms with Gasteiger partial charge in [-0.05, 0) is 31.5 Å². The fourth-order valence-electron chi connectivity index (χ4n) is 2.57. The van der Waals surface area contributed by atoms with Gasteiger partial charge < -0.3 is 24.6 Å². The third-order valence-corrected chi connectivity index (χ3v) is 4.80. The Morgan fingerprint density at radius 1 is 1.20 bits per heavy atom. The highest BCUT2D eigenvalue weighted by molar-refractivity contribution is 8.00. The summed E-state index contributed by atoms with van der Waals surface area (Å²) in [5.74, 6) is 0.636. The van der Waals surface area contributed by atoms with Crippen molar-refractivity contribution in [1.29, 1.82) is 0 Å². The quantitative estimate of drug-likeness (QED) is 0.517. The van der Waals surface area contributed by atoms with Crippen molar-refractivity contribution in [1.82, 2.24) is 10.5 Å². The molecule has 1 aromatic heterocycles. The first-order valence-electron chi connectivity index (χ1n) is 9.31. The summed E-state index contributed by atoms with van der Waals surface area (Å²) < 4.78 is 15.1. The summed E-state index contributed by atoms with van der Waals surface area (Å²) in [4.78, 5) is 36.3. The Hall–Kier alpha value is -3.01. The molecule has 0 bridgehead atoms. The Morgan fingerprint density at radius 3 is 2.63 bits per heavy atom. The molecule has 9 nitrogen and oxygen atoms in total. The summed E-state index contributed by atoms with van der Waals surface area (Å²) in [7, 11) is 1.54. The molecule has 0 aliphatic carbocycles. The van der Waals surface area contributed by atoms with Crippen molar-refractivity contribution in [2.45, 2.75) is 26.3 Å². The van der Waals surface area contributed by atoms with Crippen LogP contribution in [0.4, 0.5) is 5.82 Å². The molecule has 0 aliphatic heterocycles. The number of anilines is 1. The van der Waals surface area contributed by atoms with Crippen LogP contribution in [0.25, 0.3) is 0 Å². The lowest BCUT2D eigenvalue weighted by Crippen LogP contribution is -2.32. The number of nitrogens with zero attached hydrogens (tertiary/aromatic N) is 1. The zero-order valence-electron chi connectivity index (χ0n) is 17.1. The average Bonchev–Trinajstić information content (AvgIpc) is 3.12. The summed E-state index contributed by atoms with van der Waals surface area (Å²) in [6.45, 7) is 3.70. The number of rotatable bonds is 11. The van der Waals surface area contributed by atoms with E-state index in [1.807, 2.05) is 0 Å². The van der Waals surface area contributed by atoms with Crippen LogP contribution in [0.2, 0.25) is 0 Å². The second-order valence-corrected chi connectivity index (χ2v) is 7.26. The van der Waals surface area contributed by atoms with Crippen LogP contribution >= 0.6 is 11.8 Å². The highest BCUT2D eigenvalue weighted by atomic mass is 32.2. The zero-order valence-corrected chi connectivity index (χ0v) is 17.9. The topological polar surface area (TPSA) is 120 Å². The number of carbonyl (C=O) groups excluding carboxylic acids is 3. The number of methoxy groups -OCH3 is 1. The first-order chi connectivity index (χ1) is 14.4. The van der Waals surface area contributed by atoms with Crippen molar-refractivity contribution < 1.29 is 28.4 Å². The normalized spacial score (nSPS) is 11.4. The van der Waals surface area contributed by atoms with E-state index in [0.717, 1.165) is 17.3 Å². The van der Waals surface area contributed by atoms with E-state index < -0.39 is 12.0 Å². The van der Waals surface area contributed by atoms with Crippen molar-refractivity contribution >= 4 is 35.4 Å². The summed E-state index contributed by atoms with van der Waals surface area (Å²) in [6.07, 6.45) is -0.0105. The third kappa shape index (κ3) is 7.78. The maximum atomic E-state index is 12.4. The number of aryl methyl sites for hydroxylation is 1. The van der Waals surface area contributed by atoms with Crippen LogP contribution in [0.5, 0.6) is 5.75 Å². The van der Waals surface area contributed by atoms with Gasteiger partial charge in [0.1, 0.15) is 11.5 Å². The van der Waals surface area contributed by atoms with Crippen molar-refractivity contribution in [3.05, 3.63) is 41.7 Å². The van der Waals surface area contributed by atoms with Crippen LogP contribution in [-0.2, 0) is 19.1 Å². The van der Waals surface area contributed by atoms with E-state index >= 15 is 0 Å². The number of ether oxygens (including phenoxy) is 2. The Kier molecular flexibility index (Phi) is 9.20. The van der Waals surface area contributed by atoms with E-state index in [1.54, 1.807) is 51.3 Å². The van der Waals surface area contributed by atoms with E-state index in [2.05, 4.69) is 15.8 Å². The van der Waals surface area contributed by atoms with Gasteiger partial charge in [0.15, 0.2) is 5.82 Å². The minimum atomic E-state index is -0.570. The zero-order chi connectivity index (χ0) is 21.9. The van der Waals surface area contributed by atoms with Crippen LogP contribution in [0.1, 0.15) is 30.7 Å². The molecule has 1 heterocycles. The van der Waals surface area contributed by atoms with E-state index in [0.29, 0.717) is 17.3 Å². The molecular weight excluding hydrogens is 410 g/mol. The molecule has 2 aromatic rings. The number of amides is 2. The molecule has 0 aliphatic rings. The molecular formula is C20H25N3O6S. The molecule has 10 heteroatoms. The lowest BCUT2D eigenvalue weighted by atomic mass is 10.0. The average molecular weight is 436 g/mol. The Morgan fingerprint density at radius 2 is 1.97 bits per heavy atom. The number of aromatic nitrogens is 1. The molecule has 0 saturated carbocycles. The second kappa shape index (κ2) is 11.9. The second-order valence-electron chi connectivity index (χ2n) is 6.27. The Balaban J connectivity index is 1.89. The predicted molar refractivity (Wildman–Crippen MR) is 112 cm³/mol. The number of benzene rings is 1. The highest BCUT2D eigenvalue weighted by Gasteiger charge is 2.20. The molecule has 0 fully saturated rings. The van der Waals surface area contributed by atoms with Crippen LogP contribution < -0.4 is 15.4 Å². The van der Waals surface area contributed by atoms with Crippen molar-refractivity contribution in [3.8, 4) is 5.75 Å². The van der Waals surface area contributed by atoms with Gasteiger partial charge in [-0.15, -0.1) is 11.8 Å². The van der Waals surface area contributed by atoms with Gasteiger partial charge in [0.2, 0.25) is 11.8 Å². The molecule has 1 atom stereocenters. The lowest BCUT2D eigenvalue weighted by Gasteiger charge is -2.19. The largest absolute Gasteiger partial charge is 0.497 e. The fraction of sp³-hybridized carbons (Fsp3) is 0.400. The molecule has 1 aromatic carbocycles. The van der Waals surface area contributed by atoms with Gasteiger partial charge in [-0.2, -0.15) is 0 Å². The fourth-order valence-corrected chi connectivity index (χ4v) is 3.20. The summed E-state index contributed by atoms with van der Waals surface area (Å²) >= 11 is 1.15. The highest BCUT2D eigenvalue weighted by Crippen LogP contribution is 2.22. The maximum absolute atomic E-state index is 12.4. The monoisotopic (exact) mass is 435 g/mol. The molecule has 2 N–H and O–H groups in total. The van der Waals surface area contributed by atoms with Crippen LogP contribution in [0.15, 0.2) is 34.9 Å². The molecule has 162 valence electrons. The van der Waals surface area contributed by atoms with Crippen LogP contribution in [0, 0.1) is 6.92 Å². The van der Waals surface area contributed by atoms with E-state index in [-0.39, 0.29) is 36.3 Å². The van der Waals surface area contributed by atoms with Gasteiger partial charge in [-0.1, -0.05) is 17.3 Å².